The van der Waals surface area contributed by atoms with Crippen LogP contribution in [0.25, 0.3) is 10.2 Å². The van der Waals surface area contributed by atoms with Crippen molar-refractivity contribution in [1.29, 1.82) is 0 Å². The smallest absolute Gasteiger partial charge is 0.263 e. The highest BCUT2D eigenvalue weighted by Gasteiger charge is 2.31. The number of hydrogen-bond acceptors (Lipinski definition) is 6. The van der Waals surface area contributed by atoms with Crippen LogP contribution in [0.2, 0.25) is 0 Å². The van der Waals surface area contributed by atoms with Gasteiger partial charge in [-0.3, -0.25) is 14.7 Å². The number of hydrogen-bond donors (Lipinski definition) is 0. The molecule has 1 saturated heterocycles. The lowest BCUT2D eigenvalue weighted by atomic mass is 9.95. The van der Waals surface area contributed by atoms with E-state index in [0.717, 1.165) is 41.1 Å². The molecule has 0 spiro atoms. The molecule has 1 amide bonds. The van der Waals surface area contributed by atoms with Crippen LogP contribution in [0.15, 0.2) is 30.0 Å². The molecule has 3 aromatic rings. The third kappa shape index (κ3) is 3.19. The summed E-state index contributed by atoms with van der Waals surface area (Å²) in [5.74, 6) is 0.462. The number of rotatable bonds is 4. The van der Waals surface area contributed by atoms with E-state index in [-0.39, 0.29) is 5.91 Å². The first-order valence-electron chi connectivity index (χ1n) is 8.32. The molecule has 0 aliphatic carbocycles. The molecule has 0 N–H and O–H groups in total. The van der Waals surface area contributed by atoms with Crippen molar-refractivity contribution in [2.45, 2.75) is 18.9 Å². The Balaban J connectivity index is 1.66. The summed E-state index contributed by atoms with van der Waals surface area (Å²) < 4.78 is 0. The van der Waals surface area contributed by atoms with Crippen molar-refractivity contribution in [3.63, 3.8) is 0 Å². The van der Waals surface area contributed by atoms with Crippen LogP contribution < -0.4 is 0 Å². The van der Waals surface area contributed by atoms with E-state index in [4.69, 9.17) is 0 Å². The van der Waals surface area contributed by atoms with Crippen LogP contribution in [0.1, 0.15) is 32.5 Å². The molecule has 4 rings (SSSR count). The van der Waals surface area contributed by atoms with Gasteiger partial charge >= 0.3 is 0 Å². The van der Waals surface area contributed by atoms with Gasteiger partial charge in [-0.15, -0.1) is 22.7 Å². The lowest BCUT2D eigenvalue weighted by molar-refractivity contribution is 0.0831. The average molecular weight is 373 g/mol. The Bertz CT molecular complexity index is 888. The second-order valence-electron chi connectivity index (χ2n) is 6.59. The molecule has 5 nitrogen and oxygen atoms in total. The second kappa shape index (κ2) is 6.82. The number of carbonyl (C=O) groups excluding carboxylic acids is 1. The van der Waals surface area contributed by atoms with Gasteiger partial charge in [-0.05, 0) is 24.6 Å². The van der Waals surface area contributed by atoms with Crippen molar-refractivity contribution in [1.82, 2.24) is 19.8 Å². The Kier molecular flexibility index (Phi) is 4.54. The van der Waals surface area contributed by atoms with Crippen molar-refractivity contribution in [2.24, 2.45) is 0 Å². The first kappa shape index (κ1) is 16.6. The molecule has 0 bridgehead atoms. The molecule has 1 aliphatic rings. The van der Waals surface area contributed by atoms with Crippen LogP contribution in [0.5, 0.6) is 0 Å². The first-order valence-corrected chi connectivity index (χ1v) is 10.0. The minimum absolute atomic E-state index is 0.0823. The van der Waals surface area contributed by atoms with E-state index in [9.17, 15) is 4.79 Å². The number of thiazole rings is 1. The summed E-state index contributed by atoms with van der Waals surface area (Å²) >= 11 is 3.23. The number of carbonyl (C=O) groups is 1. The number of pyridine rings is 1. The van der Waals surface area contributed by atoms with Gasteiger partial charge in [-0.1, -0.05) is 6.07 Å². The molecule has 0 aromatic carbocycles. The lowest BCUT2D eigenvalue weighted by Gasteiger charge is -2.17. The predicted molar refractivity (Wildman–Crippen MR) is 102 cm³/mol. The lowest BCUT2D eigenvalue weighted by Crippen LogP contribution is -2.23. The molecule has 0 saturated carbocycles. The monoisotopic (exact) mass is 372 g/mol. The van der Waals surface area contributed by atoms with Gasteiger partial charge in [0.25, 0.3) is 5.91 Å². The summed E-state index contributed by atoms with van der Waals surface area (Å²) in [7, 11) is 3.63. The molecule has 25 heavy (non-hydrogen) atoms. The summed E-state index contributed by atoms with van der Waals surface area (Å²) in [5.41, 5.74) is 3.08. The van der Waals surface area contributed by atoms with Gasteiger partial charge in [-0.25, -0.2) is 4.98 Å². The number of nitrogens with zero attached hydrogens (tertiary/aromatic N) is 4. The second-order valence-corrected chi connectivity index (χ2v) is 8.56. The Morgan fingerprint density at radius 3 is 3.08 bits per heavy atom. The SMILES string of the molecule is CN(C)C(=O)c1sc2ncccc2c1[C@@H]1CCN(Cc2cncs2)C1. The average Bonchev–Trinajstić information content (AvgIpc) is 3.33. The van der Waals surface area contributed by atoms with Crippen LogP contribution in [-0.4, -0.2) is 52.9 Å². The highest BCUT2D eigenvalue weighted by atomic mass is 32.1. The van der Waals surface area contributed by atoms with Crippen molar-refractivity contribution in [3.8, 4) is 0 Å². The Morgan fingerprint density at radius 2 is 2.32 bits per heavy atom. The summed E-state index contributed by atoms with van der Waals surface area (Å²) in [4.78, 5) is 28.6. The molecule has 4 heterocycles. The topological polar surface area (TPSA) is 49.3 Å². The summed E-state index contributed by atoms with van der Waals surface area (Å²) in [5, 5.41) is 1.14. The Labute approximate surface area is 154 Å². The zero-order valence-electron chi connectivity index (χ0n) is 14.3. The number of amides is 1. The van der Waals surface area contributed by atoms with E-state index < -0.39 is 0 Å². The normalized spacial score (nSPS) is 18.1. The fourth-order valence-corrected chi connectivity index (χ4v) is 5.36. The number of likely N-dealkylation sites (tertiary alicyclic amines) is 1. The van der Waals surface area contributed by atoms with Gasteiger partial charge in [0, 0.05) is 55.8 Å². The standard InChI is InChI=1S/C18H20N4OS2/c1-21(2)18(23)16-15(14-4-3-6-20-17(14)25-16)12-5-7-22(9-12)10-13-8-19-11-24-13/h3-4,6,8,11-12H,5,7,9-10H2,1-2H3/t12-/m1/s1. The van der Waals surface area contributed by atoms with Gasteiger partial charge in [-0.2, -0.15) is 0 Å². The maximum Gasteiger partial charge on any atom is 0.263 e. The molecule has 1 atom stereocenters. The van der Waals surface area contributed by atoms with E-state index >= 15 is 0 Å². The molecule has 1 aliphatic heterocycles. The van der Waals surface area contributed by atoms with E-state index in [2.05, 4.69) is 20.9 Å². The summed E-state index contributed by atoms with van der Waals surface area (Å²) in [6, 6.07) is 4.07. The fraction of sp³-hybridized carbons (Fsp3) is 0.389. The third-order valence-corrected chi connectivity index (χ3v) is 6.53. The highest BCUT2D eigenvalue weighted by Crippen LogP contribution is 2.40. The Hall–Kier alpha value is -1.83. The molecule has 130 valence electrons. The number of fused-ring (bicyclic) bond motifs is 1. The van der Waals surface area contributed by atoms with Crippen molar-refractivity contribution >= 4 is 38.8 Å². The van der Waals surface area contributed by atoms with E-state index in [0.29, 0.717) is 5.92 Å². The van der Waals surface area contributed by atoms with Crippen LogP contribution >= 0.6 is 22.7 Å². The van der Waals surface area contributed by atoms with E-state index in [1.54, 1.807) is 22.4 Å². The number of aromatic nitrogens is 2. The van der Waals surface area contributed by atoms with Crippen LogP contribution in [0.3, 0.4) is 0 Å². The zero-order valence-corrected chi connectivity index (χ0v) is 15.9. The molecule has 7 heteroatoms. The van der Waals surface area contributed by atoms with Gasteiger partial charge in [0.05, 0.1) is 10.4 Å². The Morgan fingerprint density at radius 1 is 1.44 bits per heavy atom. The largest absolute Gasteiger partial charge is 0.344 e. The van der Waals surface area contributed by atoms with Crippen LogP contribution in [-0.2, 0) is 6.54 Å². The highest BCUT2D eigenvalue weighted by molar-refractivity contribution is 7.20. The minimum atomic E-state index is 0.0823. The summed E-state index contributed by atoms with van der Waals surface area (Å²) in [6.45, 7) is 2.97. The van der Waals surface area contributed by atoms with Crippen LogP contribution in [0, 0.1) is 0 Å². The molecule has 1 fully saturated rings. The van der Waals surface area contributed by atoms with E-state index in [1.807, 2.05) is 31.9 Å². The maximum atomic E-state index is 12.7. The zero-order chi connectivity index (χ0) is 17.4. The van der Waals surface area contributed by atoms with Crippen LogP contribution in [0.4, 0.5) is 0 Å². The van der Waals surface area contributed by atoms with Gasteiger partial charge in [0.1, 0.15) is 4.83 Å². The minimum Gasteiger partial charge on any atom is -0.344 e. The molecular weight excluding hydrogens is 352 g/mol. The van der Waals surface area contributed by atoms with Crippen molar-refractivity contribution in [2.75, 3.05) is 27.2 Å². The predicted octanol–water partition coefficient (Wildman–Crippen LogP) is 3.44. The van der Waals surface area contributed by atoms with Crippen molar-refractivity contribution in [3.05, 3.63) is 45.4 Å². The number of thiophene rings is 1. The maximum absolute atomic E-state index is 12.7. The quantitative estimate of drug-likeness (QED) is 0.704. The fourth-order valence-electron chi connectivity index (χ4n) is 3.47. The third-order valence-electron chi connectivity index (χ3n) is 4.65. The molecule has 3 aromatic heterocycles. The first-order chi connectivity index (χ1) is 12.1. The summed E-state index contributed by atoms with van der Waals surface area (Å²) in [6.07, 6.45) is 4.83. The molecule has 0 unspecified atom stereocenters. The van der Waals surface area contributed by atoms with Crippen molar-refractivity contribution < 1.29 is 4.79 Å². The van der Waals surface area contributed by atoms with Gasteiger partial charge in [0.15, 0.2) is 0 Å². The molecule has 0 radical (unpaired) electrons. The molecular formula is C18H20N4OS2. The van der Waals surface area contributed by atoms with E-state index in [1.165, 1.54) is 21.8 Å². The van der Waals surface area contributed by atoms with Gasteiger partial charge in [0.2, 0.25) is 0 Å². The van der Waals surface area contributed by atoms with Gasteiger partial charge < -0.3 is 4.90 Å².